The molecule has 0 aliphatic rings. The minimum atomic E-state index is -0.403. The van der Waals surface area contributed by atoms with E-state index in [1.165, 1.54) is 0 Å². The van der Waals surface area contributed by atoms with Crippen LogP contribution >= 0.6 is 11.6 Å². The van der Waals surface area contributed by atoms with Crippen LogP contribution in [-0.4, -0.2) is 11.3 Å². The Hall–Kier alpha value is -1.44. The van der Waals surface area contributed by atoms with Gasteiger partial charge in [-0.25, -0.2) is 10.2 Å². The van der Waals surface area contributed by atoms with E-state index >= 15 is 0 Å². The first kappa shape index (κ1) is 11.6. The predicted molar refractivity (Wildman–Crippen MR) is 49.8 cm³/mol. The molecule has 0 aliphatic heterocycles. The monoisotopic (exact) mass is 197 g/mol. The van der Waals surface area contributed by atoms with Crippen LogP contribution in [0.5, 0.6) is 0 Å². The summed E-state index contributed by atoms with van der Waals surface area (Å²) in [5.74, 6) is 0. The SMILES string of the molecule is Cc1ccc(C(=O)Cl)cc1.N=C=O. The summed E-state index contributed by atoms with van der Waals surface area (Å²) >= 11 is 5.22. The molecular weight excluding hydrogens is 190 g/mol. The van der Waals surface area contributed by atoms with Gasteiger partial charge in [0.25, 0.3) is 5.24 Å². The Morgan fingerprint density at radius 3 is 2.08 bits per heavy atom. The van der Waals surface area contributed by atoms with Crippen molar-refractivity contribution < 1.29 is 9.59 Å². The average Bonchev–Trinajstić information content (AvgIpc) is 2.06. The van der Waals surface area contributed by atoms with Gasteiger partial charge in [-0.05, 0) is 30.7 Å². The molecule has 0 radical (unpaired) electrons. The zero-order valence-corrected chi connectivity index (χ0v) is 7.76. The number of hydrogen-bond donors (Lipinski definition) is 1. The largest absolute Gasteiger partial charge is 0.276 e. The van der Waals surface area contributed by atoms with Gasteiger partial charge in [0, 0.05) is 5.56 Å². The van der Waals surface area contributed by atoms with E-state index in [-0.39, 0.29) is 0 Å². The van der Waals surface area contributed by atoms with Crippen molar-refractivity contribution in [2.45, 2.75) is 6.92 Å². The Morgan fingerprint density at radius 1 is 1.38 bits per heavy atom. The van der Waals surface area contributed by atoms with Crippen molar-refractivity contribution in [2.75, 3.05) is 0 Å². The second-order valence-electron chi connectivity index (χ2n) is 2.24. The Labute approximate surface area is 80.8 Å². The smallest absolute Gasteiger partial charge is 0.252 e. The molecule has 0 heterocycles. The lowest BCUT2D eigenvalue weighted by molar-refractivity contribution is 0.108. The Morgan fingerprint density at radius 2 is 1.77 bits per heavy atom. The number of carbonyl (C=O) groups excluding carboxylic acids is 2. The van der Waals surface area contributed by atoms with Crippen molar-refractivity contribution in [1.29, 1.82) is 5.41 Å². The van der Waals surface area contributed by atoms with Gasteiger partial charge in [-0.15, -0.1) is 0 Å². The number of hydrogen-bond acceptors (Lipinski definition) is 3. The third kappa shape index (κ3) is 4.90. The van der Waals surface area contributed by atoms with Crippen molar-refractivity contribution in [2.24, 2.45) is 0 Å². The van der Waals surface area contributed by atoms with Crippen LogP contribution in [0.2, 0.25) is 0 Å². The molecule has 0 aromatic heterocycles. The lowest BCUT2D eigenvalue weighted by atomic mass is 10.2. The van der Waals surface area contributed by atoms with E-state index in [0.29, 0.717) is 5.56 Å². The molecule has 1 aromatic rings. The molecule has 1 rings (SSSR count). The molecule has 0 aliphatic carbocycles. The van der Waals surface area contributed by atoms with E-state index in [9.17, 15) is 4.79 Å². The topological polar surface area (TPSA) is 58.0 Å². The van der Waals surface area contributed by atoms with E-state index in [1.54, 1.807) is 12.1 Å². The van der Waals surface area contributed by atoms with Crippen LogP contribution in [0.1, 0.15) is 15.9 Å². The molecule has 0 bridgehead atoms. The first-order valence-corrected chi connectivity index (χ1v) is 3.80. The van der Waals surface area contributed by atoms with Crippen LogP contribution in [0.25, 0.3) is 0 Å². The molecule has 3 nitrogen and oxygen atoms in total. The highest BCUT2D eigenvalue weighted by molar-refractivity contribution is 6.67. The summed E-state index contributed by atoms with van der Waals surface area (Å²) in [7, 11) is 0. The van der Waals surface area contributed by atoms with Gasteiger partial charge in [-0.1, -0.05) is 17.7 Å². The molecule has 0 atom stereocenters. The van der Waals surface area contributed by atoms with Gasteiger partial charge in [-0.2, -0.15) is 0 Å². The molecule has 68 valence electrons. The minimum absolute atomic E-state index is 0.403. The maximum atomic E-state index is 10.5. The van der Waals surface area contributed by atoms with Gasteiger partial charge in [0.05, 0.1) is 0 Å². The third-order valence-electron chi connectivity index (χ3n) is 1.28. The highest BCUT2D eigenvalue weighted by atomic mass is 35.5. The number of benzene rings is 1. The van der Waals surface area contributed by atoms with Gasteiger partial charge in [0.1, 0.15) is 0 Å². The van der Waals surface area contributed by atoms with E-state index in [2.05, 4.69) is 0 Å². The van der Waals surface area contributed by atoms with E-state index < -0.39 is 5.24 Å². The van der Waals surface area contributed by atoms with Gasteiger partial charge in [0.2, 0.25) is 6.08 Å². The standard InChI is InChI=1S/C8H7ClO.CHNO/c1-6-2-4-7(5-3-6)8(9)10;2-1-3/h2-5H,1H3;2H. The number of carbonyl (C=O) groups is 1. The van der Waals surface area contributed by atoms with E-state index in [0.717, 1.165) is 11.6 Å². The zero-order chi connectivity index (χ0) is 10.3. The first-order chi connectivity index (χ1) is 6.11. The molecule has 0 fully saturated rings. The third-order valence-corrected chi connectivity index (χ3v) is 1.50. The summed E-state index contributed by atoms with van der Waals surface area (Å²) in [5.41, 5.74) is 1.67. The van der Waals surface area contributed by atoms with Crippen LogP contribution in [0, 0.1) is 12.3 Å². The molecule has 0 saturated heterocycles. The van der Waals surface area contributed by atoms with Crippen molar-refractivity contribution in [3.8, 4) is 0 Å². The molecule has 1 N–H and O–H groups in total. The second kappa shape index (κ2) is 6.12. The van der Waals surface area contributed by atoms with Crippen LogP contribution in [0.4, 0.5) is 0 Å². The summed E-state index contributed by atoms with van der Waals surface area (Å²) in [5, 5.41) is 5.00. The van der Waals surface area contributed by atoms with Gasteiger partial charge < -0.3 is 0 Å². The highest BCUT2D eigenvalue weighted by Crippen LogP contribution is 2.05. The van der Waals surface area contributed by atoms with E-state index in [4.69, 9.17) is 21.8 Å². The number of isocyanates is 1. The lowest BCUT2D eigenvalue weighted by Crippen LogP contribution is -1.86. The van der Waals surface area contributed by atoms with Crippen molar-refractivity contribution in [3.05, 3.63) is 35.4 Å². The highest BCUT2D eigenvalue weighted by Gasteiger charge is 1.97. The van der Waals surface area contributed by atoms with Crippen LogP contribution in [0.15, 0.2) is 24.3 Å². The fourth-order valence-corrected chi connectivity index (χ4v) is 0.811. The maximum Gasteiger partial charge on any atom is 0.252 e. The Balaban J connectivity index is 0.000000424. The van der Waals surface area contributed by atoms with Crippen molar-refractivity contribution in [1.82, 2.24) is 0 Å². The first-order valence-electron chi connectivity index (χ1n) is 3.42. The number of rotatable bonds is 1. The maximum absolute atomic E-state index is 10.5. The zero-order valence-electron chi connectivity index (χ0n) is 7.00. The summed E-state index contributed by atoms with van der Waals surface area (Å²) in [4.78, 5) is 18.9. The normalized spacial score (nSPS) is 7.85. The molecule has 1 aromatic carbocycles. The molecular formula is C9H8ClNO2. The minimum Gasteiger partial charge on any atom is -0.276 e. The summed E-state index contributed by atoms with van der Waals surface area (Å²) < 4.78 is 0. The van der Waals surface area contributed by atoms with Crippen LogP contribution in [-0.2, 0) is 4.79 Å². The lowest BCUT2D eigenvalue weighted by Gasteiger charge is -1.92. The fourth-order valence-electron chi connectivity index (χ4n) is 0.685. The number of aryl methyl sites for hydroxylation is 1. The van der Waals surface area contributed by atoms with Gasteiger partial charge in [-0.3, -0.25) is 4.79 Å². The molecule has 0 amide bonds. The van der Waals surface area contributed by atoms with Crippen LogP contribution < -0.4 is 0 Å². The Kier molecular flexibility index (Phi) is 5.44. The number of halogens is 1. The average molecular weight is 198 g/mol. The summed E-state index contributed by atoms with van der Waals surface area (Å²) in [6.45, 7) is 1.96. The van der Waals surface area contributed by atoms with Crippen molar-refractivity contribution in [3.63, 3.8) is 0 Å². The van der Waals surface area contributed by atoms with Crippen LogP contribution in [0.3, 0.4) is 0 Å². The second-order valence-corrected chi connectivity index (χ2v) is 2.59. The van der Waals surface area contributed by atoms with Gasteiger partial charge in [0.15, 0.2) is 0 Å². The molecule has 0 spiro atoms. The van der Waals surface area contributed by atoms with Crippen molar-refractivity contribution >= 4 is 22.9 Å². The predicted octanol–water partition coefficient (Wildman–Crippen LogP) is 2.27. The quantitative estimate of drug-likeness (QED) is 0.427. The summed E-state index contributed by atoms with van der Waals surface area (Å²) in [6, 6.07) is 7.14. The Bertz CT molecular complexity index is 313. The molecule has 4 heteroatoms. The van der Waals surface area contributed by atoms with E-state index in [1.807, 2.05) is 19.1 Å². The molecule has 13 heavy (non-hydrogen) atoms. The van der Waals surface area contributed by atoms with Gasteiger partial charge >= 0.3 is 0 Å². The molecule has 0 unspecified atom stereocenters. The fraction of sp³-hybridized carbons (Fsp3) is 0.111. The summed E-state index contributed by atoms with van der Waals surface area (Å²) in [6.07, 6.45) is 0.750. The molecule has 0 saturated carbocycles. The number of nitrogens with one attached hydrogen (secondary N) is 1.